The first-order chi connectivity index (χ1) is 8.02. The maximum Gasteiger partial charge on any atom is 0.147 e. The molecule has 1 aliphatic rings. The molecule has 1 saturated heterocycles. The number of aromatic nitrogens is 1. The number of nitrogens with zero attached hydrogens (tertiary/aromatic N) is 3. The molecule has 2 atom stereocenters. The molecule has 17 heavy (non-hydrogen) atoms. The second kappa shape index (κ2) is 4.37. The fraction of sp³-hybridized carbons (Fsp3) is 0.571. The zero-order valence-corrected chi connectivity index (χ0v) is 11.0. The van der Waals surface area contributed by atoms with E-state index < -0.39 is 0 Å². The summed E-state index contributed by atoms with van der Waals surface area (Å²) in [5.41, 5.74) is 2.75. The molecule has 0 bridgehead atoms. The molecule has 1 fully saturated rings. The van der Waals surface area contributed by atoms with E-state index in [1.54, 1.807) is 0 Å². The largest absolute Gasteiger partial charge is 0.355 e. The molecule has 0 amide bonds. The molecule has 1 aliphatic heterocycles. The highest BCUT2D eigenvalue weighted by atomic mass is 15.2. The Kier molecular flexibility index (Phi) is 3.06. The van der Waals surface area contributed by atoms with Crippen molar-refractivity contribution >= 4 is 5.82 Å². The van der Waals surface area contributed by atoms with Crippen LogP contribution in [0.5, 0.6) is 0 Å². The standard InChI is InChI=1S/C14H19N3/c1-9-5-12(4)16-14(13(9)6-15)17-7-10(2)11(3)8-17/h5,10-11H,7-8H2,1-4H3. The number of hydrogen-bond donors (Lipinski definition) is 0. The molecule has 0 saturated carbocycles. The summed E-state index contributed by atoms with van der Waals surface area (Å²) in [5, 5.41) is 9.27. The summed E-state index contributed by atoms with van der Waals surface area (Å²) < 4.78 is 0. The van der Waals surface area contributed by atoms with Gasteiger partial charge in [-0.3, -0.25) is 0 Å². The fourth-order valence-corrected chi connectivity index (χ4v) is 2.49. The third-order valence-corrected chi connectivity index (χ3v) is 3.73. The van der Waals surface area contributed by atoms with Crippen molar-refractivity contribution in [3.8, 4) is 6.07 Å². The molecule has 3 heteroatoms. The summed E-state index contributed by atoms with van der Waals surface area (Å²) in [6, 6.07) is 4.27. The topological polar surface area (TPSA) is 39.9 Å². The molecule has 0 radical (unpaired) electrons. The highest BCUT2D eigenvalue weighted by molar-refractivity contribution is 5.58. The Morgan fingerprint density at radius 2 is 1.88 bits per heavy atom. The Balaban J connectivity index is 2.42. The van der Waals surface area contributed by atoms with Crippen LogP contribution in [0, 0.1) is 37.0 Å². The highest BCUT2D eigenvalue weighted by Gasteiger charge is 2.28. The highest BCUT2D eigenvalue weighted by Crippen LogP contribution is 2.30. The van der Waals surface area contributed by atoms with Gasteiger partial charge >= 0.3 is 0 Å². The van der Waals surface area contributed by atoms with Crippen LogP contribution in [0.25, 0.3) is 0 Å². The normalized spacial score (nSPS) is 23.8. The lowest BCUT2D eigenvalue weighted by Gasteiger charge is -2.20. The van der Waals surface area contributed by atoms with Crippen LogP contribution in [0.4, 0.5) is 5.82 Å². The molecule has 0 N–H and O–H groups in total. The average molecular weight is 229 g/mol. The third kappa shape index (κ3) is 2.12. The lowest BCUT2D eigenvalue weighted by atomic mass is 10.0. The number of pyridine rings is 1. The summed E-state index contributed by atoms with van der Waals surface area (Å²) >= 11 is 0. The van der Waals surface area contributed by atoms with Crippen molar-refractivity contribution in [1.82, 2.24) is 4.98 Å². The third-order valence-electron chi connectivity index (χ3n) is 3.73. The smallest absolute Gasteiger partial charge is 0.147 e. The summed E-state index contributed by atoms with van der Waals surface area (Å²) in [5.74, 6) is 2.22. The van der Waals surface area contributed by atoms with Crippen LogP contribution in [0.2, 0.25) is 0 Å². The number of rotatable bonds is 1. The zero-order chi connectivity index (χ0) is 12.6. The van der Waals surface area contributed by atoms with Gasteiger partial charge in [-0.1, -0.05) is 13.8 Å². The first kappa shape index (κ1) is 11.9. The Bertz CT molecular complexity index is 463. The van der Waals surface area contributed by atoms with E-state index in [1.807, 2.05) is 19.9 Å². The second-order valence-corrected chi connectivity index (χ2v) is 5.25. The summed E-state index contributed by atoms with van der Waals surface area (Å²) in [6.45, 7) is 10.5. The van der Waals surface area contributed by atoms with E-state index in [9.17, 15) is 5.26 Å². The van der Waals surface area contributed by atoms with E-state index in [4.69, 9.17) is 0 Å². The Hall–Kier alpha value is -1.56. The fourth-order valence-electron chi connectivity index (χ4n) is 2.49. The molecule has 3 nitrogen and oxygen atoms in total. The predicted octanol–water partition coefficient (Wildman–Crippen LogP) is 2.66. The molecule has 90 valence electrons. The van der Waals surface area contributed by atoms with E-state index in [2.05, 4.69) is 29.8 Å². The molecule has 2 unspecified atom stereocenters. The van der Waals surface area contributed by atoms with Crippen molar-refractivity contribution in [1.29, 1.82) is 5.26 Å². The lowest BCUT2D eigenvalue weighted by molar-refractivity contribution is 0.494. The first-order valence-corrected chi connectivity index (χ1v) is 6.16. The van der Waals surface area contributed by atoms with Gasteiger partial charge in [-0.2, -0.15) is 5.26 Å². The Morgan fingerprint density at radius 1 is 1.29 bits per heavy atom. The van der Waals surface area contributed by atoms with E-state index in [-0.39, 0.29) is 0 Å². The second-order valence-electron chi connectivity index (χ2n) is 5.25. The van der Waals surface area contributed by atoms with Gasteiger partial charge in [0, 0.05) is 18.8 Å². The van der Waals surface area contributed by atoms with Crippen LogP contribution >= 0.6 is 0 Å². The monoisotopic (exact) mass is 229 g/mol. The molecule has 0 spiro atoms. The molecule has 0 aliphatic carbocycles. The summed E-state index contributed by atoms with van der Waals surface area (Å²) in [7, 11) is 0. The summed E-state index contributed by atoms with van der Waals surface area (Å²) in [6.07, 6.45) is 0. The summed E-state index contributed by atoms with van der Waals surface area (Å²) in [4.78, 5) is 6.82. The van der Waals surface area contributed by atoms with Gasteiger partial charge in [-0.15, -0.1) is 0 Å². The Morgan fingerprint density at radius 3 is 2.41 bits per heavy atom. The van der Waals surface area contributed by atoms with Crippen LogP contribution in [-0.2, 0) is 0 Å². The van der Waals surface area contributed by atoms with Gasteiger partial charge in [0.05, 0.1) is 5.56 Å². The van der Waals surface area contributed by atoms with Gasteiger partial charge in [0.15, 0.2) is 0 Å². The minimum absolute atomic E-state index is 0.671. The van der Waals surface area contributed by atoms with Crippen molar-refractivity contribution in [2.24, 2.45) is 11.8 Å². The minimum Gasteiger partial charge on any atom is -0.355 e. The molecule has 1 aromatic rings. The average Bonchev–Trinajstić information content (AvgIpc) is 2.58. The molecular formula is C14H19N3. The molecule has 1 aromatic heterocycles. The van der Waals surface area contributed by atoms with Crippen molar-refractivity contribution in [3.63, 3.8) is 0 Å². The van der Waals surface area contributed by atoms with Crippen LogP contribution in [0.15, 0.2) is 6.07 Å². The molecule has 2 heterocycles. The van der Waals surface area contributed by atoms with Gasteiger partial charge in [0.2, 0.25) is 0 Å². The van der Waals surface area contributed by atoms with Crippen molar-refractivity contribution < 1.29 is 0 Å². The van der Waals surface area contributed by atoms with E-state index in [0.717, 1.165) is 35.7 Å². The van der Waals surface area contributed by atoms with Crippen LogP contribution < -0.4 is 4.90 Å². The number of anilines is 1. The number of hydrogen-bond acceptors (Lipinski definition) is 3. The maximum absolute atomic E-state index is 9.27. The minimum atomic E-state index is 0.671. The van der Waals surface area contributed by atoms with Gasteiger partial charge in [-0.05, 0) is 37.3 Å². The van der Waals surface area contributed by atoms with Crippen molar-refractivity contribution in [2.75, 3.05) is 18.0 Å². The SMILES string of the molecule is Cc1cc(C)c(C#N)c(N2CC(C)C(C)C2)n1. The number of aryl methyl sites for hydroxylation is 2. The molecule has 2 rings (SSSR count). The number of nitriles is 1. The maximum atomic E-state index is 9.27. The molecular weight excluding hydrogens is 210 g/mol. The van der Waals surface area contributed by atoms with E-state index in [0.29, 0.717) is 11.8 Å². The van der Waals surface area contributed by atoms with Gasteiger partial charge < -0.3 is 4.90 Å². The van der Waals surface area contributed by atoms with E-state index in [1.165, 1.54) is 0 Å². The van der Waals surface area contributed by atoms with Gasteiger partial charge in [-0.25, -0.2) is 4.98 Å². The Labute approximate surface area is 103 Å². The van der Waals surface area contributed by atoms with Crippen LogP contribution in [-0.4, -0.2) is 18.1 Å². The first-order valence-electron chi connectivity index (χ1n) is 6.16. The van der Waals surface area contributed by atoms with Gasteiger partial charge in [0.25, 0.3) is 0 Å². The zero-order valence-electron chi connectivity index (χ0n) is 11.0. The van der Waals surface area contributed by atoms with Crippen LogP contribution in [0.1, 0.15) is 30.7 Å². The quantitative estimate of drug-likeness (QED) is 0.743. The van der Waals surface area contributed by atoms with Gasteiger partial charge in [0.1, 0.15) is 11.9 Å². The predicted molar refractivity (Wildman–Crippen MR) is 69.0 cm³/mol. The van der Waals surface area contributed by atoms with Crippen molar-refractivity contribution in [3.05, 3.63) is 22.9 Å². The van der Waals surface area contributed by atoms with E-state index >= 15 is 0 Å². The lowest BCUT2D eigenvalue weighted by Crippen LogP contribution is -2.22. The molecule has 0 aromatic carbocycles. The van der Waals surface area contributed by atoms with Crippen molar-refractivity contribution in [2.45, 2.75) is 27.7 Å². The van der Waals surface area contributed by atoms with Crippen LogP contribution in [0.3, 0.4) is 0 Å².